The summed E-state index contributed by atoms with van der Waals surface area (Å²) < 4.78 is 11.9. The van der Waals surface area contributed by atoms with Gasteiger partial charge in [-0.3, -0.25) is 9.59 Å². The van der Waals surface area contributed by atoms with Gasteiger partial charge in [-0.25, -0.2) is 0 Å². The molecule has 0 radical (unpaired) electrons. The molecule has 0 fully saturated rings. The largest absolute Gasteiger partial charge is 0.497 e. The lowest BCUT2D eigenvalue weighted by Crippen LogP contribution is -2.49. The maximum atomic E-state index is 13.2. The summed E-state index contributed by atoms with van der Waals surface area (Å²) in [7, 11) is 1.61. The molecule has 0 unspecified atom stereocenters. The van der Waals surface area contributed by atoms with E-state index in [4.69, 9.17) is 9.47 Å². The monoisotopic (exact) mass is 532 g/mol. The van der Waals surface area contributed by atoms with E-state index in [0.717, 1.165) is 21.3 Å². The molecule has 2 aromatic carbocycles. The lowest BCUT2D eigenvalue weighted by Gasteiger charge is -2.29. The summed E-state index contributed by atoms with van der Waals surface area (Å²) in [5.74, 6) is 1.18. The maximum absolute atomic E-state index is 13.2. The van der Waals surface area contributed by atoms with Gasteiger partial charge < -0.3 is 19.7 Å². The summed E-state index contributed by atoms with van der Waals surface area (Å²) in [5.41, 5.74) is 2.06. The van der Waals surface area contributed by atoms with Crippen LogP contribution in [0.3, 0.4) is 0 Å². The number of ether oxygens (including phenoxy) is 2. The van der Waals surface area contributed by atoms with Gasteiger partial charge in [0.2, 0.25) is 5.91 Å². The fourth-order valence-electron chi connectivity index (χ4n) is 3.27. The first-order valence-corrected chi connectivity index (χ1v) is 12.3. The molecule has 6 nitrogen and oxygen atoms in total. The van der Waals surface area contributed by atoms with Crippen molar-refractivity contribution in [3.63, 3.8) is 0 Å². The van der Waals surface area contributed by atoms with E-state index in [1.165, 1.54) is 0 Å². The second kappa shape index (κ2) is 12.2. The van der Waals surface area contributed by atoms with Gasteiger partial charge >= 0.3 is 0 Å². The fourth-order valence-corrected chi connectivity index (χ4v) is 3.76. The predicted molar refractivity (Wildman–Crippen MR) is 139 cm³/mol. The van der Waals surface area contributed by atoms with Crippen LogP contribution in [0.4, 0.5) is 0 Å². The summed E-state index contributed by atoms with van der Waals surface area (Å²) in [6.45, 7) is 12.9. The molecule has 0 aliphatic heterocycles. The van der Waals surface area contributed by atoms with Gasteiger partial charge in [-0.15, -0.1) is 0 Å². The highest BCUT2D eigenvalue weighted by atomic mass is 79.9. The number of hydrogen-bond donors (Lipinski definition) is 1. The van der Waals surface area contributed by atoms with E-state index >= 15 is 0 Å². The van der Waals surface area contributed by atoms with Crippen molar-refractivity contribution in [2.45, 2.75) is 59.5 Å². The first-order valence-electron chi connectivity index (χ1n) is 11.5. The minimum absolute atomic E-state index is 0.00478. The average Bonchev–Trinajstić information content (AvgIpc) is 2.79. The second-order valence-electron chi connectivity index (χ2n) is 9.87. The third-order valence-electron chi connectivity index (χ3n) is 5.51. The highest BCUT2D eigenvalue weighted by Crippen LogP contribution is 2.31. The summed E-state index contributed by atoms with van der Waals surface area (Å²) in [6.07, 6.45) is 0. The number of amides is 2. The number of halogens is 1. The first kappa shape index (κ1) is 27.7. The molecule has 0 saturated carbocycles. The molecular formula is C27H37BrN2O4. The van der Waals surface area contributed by atoms with Gasteiger partial charge in [0.15, 0.2) is 6.61 Å². The number of methoxy groups -OCH3 is 1. The Morgan fingerprint density at radius 1 is 1.06 bits per heavy atom. The number of rotatable bonds is 10. The molecule has 7 heteroatoms. The normalized spacial score (nSPS) is 12.3. The Morgan fingerprint density at radius 3 is 2.24 bits per heavy atom. The lowest BCUT2D eigenvalue weighted by molar-refractivity contribution is -0.142. The van der Waals surface area contributed by atoms with Crippen LogP contribution in [0.2, 0.25) is 0 Å². The number of carbonyl (C=O) groups is 2. The van der Waals surface area contributed by atoms with Crippen molar-refractivity contribution in [2.24, 2.45) is 5.92 Å². The van der Waals surface area contributed by atoms with Crippen LogP contribution in [-0.4, -0.2) is 43.0 Å². The highest BCUT2D eigenvalue weighted by Gasteiger charge is 2.27. The molecule has 2 aromatic rings. The number of benzene rings is 2. The molecule has 1 N–H and O–H groups in total. The molecule has 0 aliphatic carbocycles. The standard InChI is InChI=1S/C27H37BrN2O4/c1-18(2)15-29-26(32)19(3)30(16-20-8-11-22(33-7)12-9-20)25(31)17-34-24-13-10-21(14-23(24)28)27(4,5)6/h8-14,18-19H,15-17H2,1-7H3,(H,29,32)/t19-/m1/s1. The van der Waals surface area contributed by atoms with Crippen LogP contribution in [0, 0.1) is 5.92 Å². The number of nitrogens with one attached hydrogen (secondary N) is 1. The summed E-state index contributed by atoms with van der Waals surface area (Å²) in [4.78, 5) is 27.6. The van der Waals surface area contributed by atoms with Gasteiger partial charge in [0, 0.05) is 13.1 Å². The molecule has 0 aromatic heterocycles. The summed E-state index contributed by atoms with van der Waals surface area (Å²) in [5, 5.41) is 2.92. The molecule has 34 heavy (non-hydrogen) atoms. The predicted octanol–water partition coefficient (Wildman–Crippen LogP) is 5.32. The van der Waals surface area contributed by atoms with Gasteiger partial charge in [0.05, 0.1) is 11.6 Å². The van der Waals surface area contributed by atoms with Gasteiger partial charge in [-0.1, -0.05) is 52.8 Å². The van der Waals surface area contributed by atoms with E-state index in [9.17, 15) is 9.59 Å². The van der Waals surface area contributed by atoms with E-state index in [-0.39, 0.29) is 30.4 Å². The van der Waals surface area contributed by atoms with E-state index in [1.54, 1.807) is 18.9 Å². The van der Waals surface area contributed by atoms with Crippen LogP contribution in [0.25, 0.3) is 0 Å². The molecule has 0 heterocycles. The van der Waals surface area contributed by atoms with E-state index in [0.29, 0.717) is 18.2 Å². The summed E-state index contributed by atoms with van der Waals surface area (Å²) >= 11 is 3.55. The lowest BCUT2D eigenvalue weighted by atomic mass is 9.87. The van der Waals surface area contributed by atoms with Gasteiger partial charge in [-0.05, 0) is 69.6 Å². The van der Waals surface area contributed by atoms with Gasteiger partial charge in [-0.2, -0.15) is 0 Å². The van der Waals surface area contributed by atoms with Crippen LogP contribution >= 0.6 is 15.9 Å². The molecule has 2 rings (SSSR count). The average molecular weight is 534 g/mol. The Kier molecular flexibility index (Phi) is 9.98. The van der Waals surface area contributed by atoms with Crippen molar-refractivity contribution in [3.05, 3.63) is 58.1 Å². The Balaban J connectivity index is 2.17. The first-order chi connectivity index (χ1) is 15.9. The highest BCUT2D eigenvalue weighted by molar-refractivity contribution is 9.10. The van der Waals surface area contributed by atoms with Crippen molar-refractivity contribution >= 4 is 27.7 Å². The maximum Gasteiger partial charge on any atom is 0.261 e. The van der Waals surface area contributed by atoms with Gasteiger partial charge in [0.25, 0.3) is 5.91 Å². The van der Waals surface area contributed by atoms with E-state index < -0.39 is 6.04 Å². The number of nitrogens with zero attached hydrogens (tertiary/aromatic N) is 1. The molecule has 0 bridgehead atoms. The molecule has 1 atom stereocenters. The fraction of sp³-hybridized carbons (Fsp3) is 0.481. The SMILES string of the molecule is COc1ccc(CN(C(=O)COc2ccc(C(C)(C)C)cc2Br)[C@H](C)C(=O)NCC(C)C)cc1. The zero-order chi connectivity index (χ0) is 25.5. The molecule has 2 amide bonds. The molecule has 0 aliphatic rings. The molecule has 0 saturated heterocycles. The van der Waals surface area contributed by atoms with E-state index in [1.807, 2.05) is 56.3 Å². The van der Waals surface area contributed by atoms with Crippen molar-refractivity contribution in [3.8, 4) is 11.5 Å². The number of carbonyl (C=O) groups excluding carboxylic acids is 2. The van der Waals surface area contributed by atoms with Crippen LogP contribution < -0.4 is 14.8 Å². The minimum Gasteiger partial charge on any atom is -0.497 e. The van der Waals surface area contributed by atoms with Gasteiger partial charge in [0.1, 0.15) is 17.5 Å². The quantitative estimate of drug-likeness (QED) is 0.449. The smallest absolute Gasteiger partial charge is 0.261 e. The Hall–Kier alpha value is -2.54. The third-order valence-corrected chi connectivity index (χ3v) is 6.13. The van der Waals surface area contributed by atoms with Crippen molar-refractivity contribution in [1.82, 2.24) is 10.2 Å². The van der Waals surface area contributed by atoms with Crippen molar-refractivity contribution in [1.29, 1.82) is 0 Å². The van der Waals surface area contributed by atoms with Crippen molar-refractivity contribution in [2.75, 3.05) is 20.3 Å². The Labute approximate surface area is 212 Å². The van der Waals surface area contributed by atoms with Crippen LogP contribution in [0.1, 0.15) is 52.7 Å². The van der Waals surface area contributed by atoms with Crippen LogP contribution in [-0.2, 0) is 21.5 Å². The Morgan fingerprint density at radius 2 is 1.71 bits per heavy atom. The topological polar surface area (TPSA) is 67.9 Å². The summed E-state index contributed by atoms with van der Waals surface area (Å²) in [6, 6.07) is 12.7. The minimum atomic E-state index is -0.649. The van der Waals surface area contributed by atoms with E-state index in [2.05, 4.69) is 42.0 Å². The molecule has 0 spiro atoms. The number of hydrogen-bond acceptors (Lipinski definition) is 4. The van der Waals surface area contributed by atoms with Crippen LogP contribution in [0.15, 0.2) is 46.9 Å². The second-order valence-corrected chi connectivity index (χ2v) is 10.7. The van der Waals surface area contributed by atoms with Crippen molar-refractivity contribution < 1.29 is 19.1 Å². The zero-order valence-electron chi connectivity index (χ0n) is 21.3. The van der Waals surface area contributed by atoms with Crippen LogP contribution in [0.5, 0.6) is 11.5 Å². The third kappa shape index (κ3) is 8.05. The zero-order valence-corrected chi connectivity index (χ0v) is 22.9. The molecule has 186 valence electrons. The Bertz CT molecular complexity index is 968. The molecular weight excluding hydrogens is 496 g/mol.